The van der Waals surface area contributed by atoms with Crippen LogP contribution in [-0.2, 0) is 14.8 Å². The molecule has 0 aliphatic carbocycles. The van der Waals surface area contributed by atoms with Gasteiger partial charge in [0.25, 0.3) is 15.9 Å². The smallest absolute Gasteiger partial charge is 0.261 e. The lowest BCUT2D eigenvalue weighted by molar-refractivity contribution is -0.124. The minimum atomic E-state index is -3.77. The molecule has 0 saturated carbocycles. The topological polar surface area (TPSA) is 95.6 Å². The van der Waals surface area contributed by atoms with E-state index >= 15 is 0 Å². The summed E-state index contributed by atoms with van der Waals surface area (Å²) in [5.74, 6) is -0.466. The standard InChI is InChI=1S/C21H22ClN3O4S/c1-2-13-23-20(26)19-4-3-14-25(19)21(27)15-5-9-17(10-6-15)24-30(28,29)18-11-7-16(22)8-12-18/h2,5-12,19,24H,1,3-4,13-14H2,(H,23,26). The van der Waals surface area contributed by atoms with Crippen LogP contribution in [0.2, 0.25) is 5.02 Å². The highest BCUT2D eigenvalue weighted by molar-refractivity contribution is 7.92. The van der Waals surface area contributed by atoms with Gasteiger partial charge in [-0.3, -0.25) is 14.3 Å². The molecule has 0 aromatic heterocycles. The van der Waals surface area contributed by atoms with E-state index in [4.69, 9.17) is 11.6 Å². The molecule has 158 valence electrons. The van der Waals surface area contributed by atoms with Crippen molar-refractivity contribution in [3.8, 4) is 0 Å². The van der Waals surface area contributed by atoms with Gasteiger partial charge in [-0.15, -0.1) is 6.58 Å². The lowest BCUT2D eigenvalue weighted by atomic mass is 10.1. The van der Waals surface area contributed by atoms with Crippen LogP contribution in [0.1, 0.15) is 23.2 Å². The minimum absolute atomic E-state index is 0.0810. The summed E-state index contributed by atoms with van der Waals surface area (Å²) in [6, 6.07) is 11.4. The first kappa shape index (κ1) is 21.9. The van der Waals surface area contributed by atoms with Gasteiger partial charge in [-0.25, -0.2) is 8.42 Å². The fourth-order valence-electron chi connectivity index (χ4n) is 3.25. The highest BCUT2D eigenvalue weighted by Crippen LogP contribution is 2.22. The predicted molar refractivity (Wildman–Crippen MR) is 116 cm³/mol. The molecular weight excluding hydrogens is 426 g/mol. The molecule has 3 rings (SSSR count). The summed E-state index contributed by atoms with van der Waals surface area (Å²) in [5.41, 5.74) is 0.705. The number of carbonyl (C=O) groups excluding carboxylic acids is 2. The molecule has 30 heavy (non-hydrogen) atoms. The first-order valence-electron chi connectivity index (χ1n) is 9.40. The summed E-state index contributed by atoms with van der Waals surface area (Å²) < 4.78 is 27.4. The number of nitrogens with one attached hydrogen (secondary N) is 2. The van der Waals surface area contributed by atoms with Crippen molar-refractivity contribution in [3.05, 3.63) is 71.8 Å². The van der Waals surface area contributed by atoms with Crippen molar-refractivity contribution >= 4 is 39.1 Å². The number of likely N-dealkylation sites (tertiary alicyclic amines) is 1. The van der Waals surface area contributed by atoms with E-state index in [1.54, 1.807) is 23.1 Å². The molecule has 2 aromatic rings. The zero-order valence-electron chi connectivity index (χ0n) is 16.2. The first-order chi connectivity index (χ1) is 14.3. The van der Waals surface area contributed by atoms with Gasteiger partial charge in [-0.2, -0.15) is 0 Å². The van der Waals surface area contributed by atoms with E-state index in [1.165, 1.54) is 36.4 Å². The monoisotopic (exact) mass is 447 g/mol. The van der Waals surface area contributed by atoms with E-state index in [0.717, 1.165) is 6.42 Å². The van der Waals surface area contributed by atoms with E-state index < -0.39 is 16.1 Å². The van der Waals surface area contributed by atoms with Gasteiger partial charge in [0.15, 0.2) is 0 Å². The highest BCUT2D eigenvalue weighted by Gasteiger charge is 2.34. The lowest BCUT2D eigenvalue weighted by Crippen LogP contribution is -2.46. The van der Waals surface area contributed by atoms with Gasteiger partial charge in [-0.1, -0.05) is 17.7 Å². The zero-order chi connectivity index (χ0) is 21.7. The third-order valence-corrected chi connectivity index (χ3v) is 6.39. The van der Waals surface area contributed by atoms with Crippen molar-refractivity contribution in [2.24, 2.45) is 0 Å². The average molecular weight is 448 g/mol. The number of hydrogen-bond acceptors (Lipinski definition) is 4. The summed E-state index contributed by atoms with van der Waals surface area (Å²) in [4.78, 5) is 26.8. The molecule has 7 nitrogen and oxygen atoms in total. The summed E-state index contributed by atoms with van der Waals surface area (Å²) >= 11 is 5.80. The molecule has 1 fully saturated rings. The van der Waals surface area contributed by atoms with Crippen LogP contribution in [0.15, 0.2) is 66.1 Å². The Balaban J connectivity index is 1.70. The van der Waals surface area contributed by atoms with Crippen molar-refractivity contribution in [2.75, 3.05) is 17.8 Å². The van der Waals surface area contributed by atoms with Gasteiger partial charge >= 0.3 is 0 Å². The number of carbonyl (C=O) groups is 2. The van der Waals surface area contributed by atoms with Gasteiger partial charge < -0.3 is 10.2 Å². The number of halogens is 1. The number of benzene rings is 2. The van der Waals surface area contributed by atoms with Gasteiger partial charge in [-0.05, 0) is 61.4 Å². The number of anilines is 1. The highest BCUT2D eigenvalue weighted by atomic mass is 35.5. The molecule has 0 radical (unpaired) electrons. The van der Waals surface area contributed by atoms with Crippen LogP contribution in [0.4, 0.5) is 5.69 Å². The molecule has 1 unspecified atom stereocenters. The number of nitrogens with zero attached hydrogens (tertiary/aromatic N) is 1. The van der Waals surface area contributed by atoms with E-state index in [-0.39, 0.29) is 16.7 Å². The van der Waals surface area contributed by atoms with Crippen molar-refractivity contribution in [3.63, 3.8) is 0 Å². The third kappa shape index (κ3) is 5.01. The van der Waals surface area contributed by atoms with Crippen LogP contribution >= 0.6 is 11.6 Å². The normalized spacial score (nSPS) is 16.2. The van der Waals surface area contributed by atoms with Gasteiger partial charge in [0.2, 0.25) is 5.91 Å². The molecule has 2 aromatic carbocycles. The number of rotatable bonds is 7. The molecule has 1 saturated heterocycles. The second kappa shape index (κ2) is 9.32. The summed E-state index contributed by atoms with van der Waals surface area (Å²) in [6.45, 7) is 4.41. The van der Waals surface area contributed by atoms with Crippen molar-refractivity contribution in [1.82, 2.24) is 10.2 Å². The van der Waals surface area contributed by atoms with Crippen LogP contribution in [-0.4, -0.2) is 44.3 Å². The maximum absolute atomic E-state index is 12.9. The van der Waals surface area contributed by atoms with Crippen LogP contribution in [0.5, 0.6) is 0 Å². The molecule has 2 amide bonds. The summed E-state index contributed by atoms with van der Waals surface area (Å²) in [5, 5.41) is 3.17. The van der Waals surface area contributed by atoms with E-state index in [0.29, 0.717) is 35.8 Å². The molecule has 2 N–H and O–H groups in total. The Morgan fingerprint density at radius 3 is 2.43 bits per heavy atom. The van der Waals surface area contributed by atoms with Crippen LogP contribution in [0, 0.1) is 0 Å². The Bertz CT molecular complexity index is 1040. The quantitative estimate of drug-likeness (QED) is 0.637. The SMILES string of the molecule is C=CCNC(=O)C1CCCN1C(=O)c1ccc(NS(=O)(=O)c2ccc(Cl)cc2)cc1. The molecule has 0 bridgehead atoms. The predicted octanol–water partition coefficient (Wildman–Crippen LogP) is 3.05. The molecular formula is C21H22ClN3O4S. The van der Waals surface area contributed by atoms with Gasteiger partial charge in [0.1, 0.15) is 6.04 Å². The van der Waals surface area contributed by atoms with Gasteiger partial charge in [0.05, 0.1) is 4.90 Å². The molecule has 1 heterocycles. The van der Waals surface area contributed by atoms with Crippen molar-refractivity contribution in [1.29, 1.82) is 0 Å². The van der Waals surface area contributed by atoms with Crippen LogP contribution < -0.4 is 10.0 Å². The van der Waals surface area contributed by atoms with Gasteiger partial charge in [0, 0.05) is 29.4 Å². The molecule has 9 heteroatoms. The Hall–Kier alpha value is -2.84. The Morgan fingerprint density at radius 2 is 1.80 bits per heavy atom. The maximum Gasteiger partial charge on any atom is 0.261 e. The Morgan fingerprint density at radius 1 is 1.13 bits per heavy atom. The largest absolute Gasteiger partial charge is 0.351 e. The fourth-order valence-corrected chi connectivity index (χ4v) is 4.43. The van der Waals surface area contributed by atoms with E-state index in [1.807, 2.05) is 0 Å². The molecule has 1 aliphatic rings. The number of sulfonamides is 1. The zero-order valence-corrected chi connectivity index (χ0v) is 17.7. The summed E-state index contributed by atoms with van der Waals surface area (Å²) in [6.07, 6.45) is 2.94. The first-order valence-corrected chi connectivity index (χ1v) is 11.3. The maximum atomic E-state index is 12.9. The number of amides is 2. The number of hydrogen-bond donors (Lipinski definition) is 2. The van der Waals surface area contributed by atoms with Crippen molar-refractivity contribution < 1.29 is 18.0 Å². The second-order valence-electron chi connectivity index (χ2n) is 6.83. The summed E-state index contributed by atoms with van der Waals surface area (Å²) in [7, 11) is -3.77. The molecule has 1 atom stereocenters. The fraction of sp³-hybridized carbons (Fsp3) is 0.238. The second-order valence-corrected chi connectivity index (χ2v) is 8.95. The Kier molecular flexibility index (Phi) is 6.79. The average Bonchev–Trinajstić information content (AvgIpc) is 3.22. The molecule has 1 aliphatic heterocycles. The van der Waals surface area contributed by atoms with Crippen LogP contribution in [0.3, 0.4) is 0 Å². The lowest BCUT2D eigenvalue weighted by Gasteiger charge is -2.24. The Labute approximate surface area is 180 Å². The third-order valence-electron chi connectivity index (χ3n) is 4.74. The van der Waals surface area contributed by atoms with Crippen molar-refractivity contribution in [2.45, 2.75) is 23.8 Å². The van der Waals surface area contributed by atoms with Crippen LogP contribution in [0.25, 0.3) is 0 Å². The molecule has 0 spiro atoms. The minimum Gasteiger partial charge on any atom is -0.351 e. The van der Waals surface area contributed by atoms with E-state index in [9.17, 15) is 18.0 Å². The van der Waals surface area contributed by atoms with E-state index in [2.05, 4.69) is 16.6 Å².